The molecule has 0 aliphatic heterocycles. The van der Waals surface area contributed by atoms with Gasteiger partial charge < -0.3 is 14.4 Å². The van der Waals surface area contributed by atoms with Crippen LogP contribution < -0.4 is 0 Å². The SMILES string of the molecule is COCC(C)Cn1cnc2cc(C(=O)O)ccc21. The van der Waals surface area contributed by atoms with Gasteiger partial charge >= 0.3 is 5.97 Å². The lowest BCUT2D eigenvalue weighted by Crippen LogP contribution is -2.11. The molecule has 0 aliphatic rings. The summed E-state index contributed by atoms with van der Waals surface area (Å²) in [5.41, 5.74) is 1.92. The van der Waals surface area contributed by atoms with Crippen molar-refractivity contribution in [2.24, 2.45) is 5.92 Å². The van der Waals surface area contributed by atoms with Gasteiger partial charge in [0.25, 0.3) is 0 Å². The van der Waals surface area contributed by atoms with Gasteiger partial charge in [-0.25, -0.2) is 9.78 Å². The molecule has 0 saturated carbocycles. The Morgan fingerprint density at radius 1 is 1.56 bits per heavy atom. The second-order valence-electron chi connectivity index (χ2n) is 4.47. The van der Waals surface area contributed by atoms with E-state index in [0.29, 0.717) is 18.0 Å². The van der Waals surface area contributed by atoms with Crippen molar-refractivity contribution < 1.29 is 14.6 Å². The number of aromatic carboxylic acids is 1. The summed E-state index contributed by atoms with van der Waals surface area (Å²) in [6, 6.07) is 4.99. The Balaban J connectivity index is 2.28. The number of carboxylic acids is 1. The van der Waals surface area contributed by atoms with Gasteiger partial charge in [-0.2, -0.15) is 0 Å². The number of fused-ring (bicyclic) bond motifs is 1. The minimum atomic E-state index is -0.931. The number of imidazole rings is 1. The number of hydrogen-bond donors (Lipinski definition) is 1. The van der Waals surface area contributed by atoms with Gasteiger partial charge in [0.1, 0.15) is 0 Å². The van der Waals surface area contributed by atoms with Crippen molar-refractivity contribution in [3.05, 3.63) is 30.1 Å². The normalized spacial score (nSPS) is 12.8. The first-order chi connectivity index (χ1) is 8.61. The number of carbonyl (C=O) groups is 1. The molecule has 0 spiro atoms. The summed E-state index contributed by atoms with van der Waals surface area (Å²) >= 11 is 0. The van der Waals surface area contributed by atoms with Crippen LogP contribution >= 0.6 is 0 Å². The molecule has 5 heteroatoms. The van der Waals surface area contributed by atoms with E-state index in [0.717, 1.165) is 12.1 Å². The molecule has 96 valence electrons. The van der Waals surface area contributed by atoms with Gasteiger partial charge in [-0.1, -0.05) is 6.92 Å². The van der Waals surface area contributed by atoms with Gasteiger partial charge in [-0.15, -0.1) is 0 Å². The zero-order valence-corrected chi connectivity index (χ0v) is 10.5. The van der Waals surface area contributed by atoms with Crippen LogP contribution in [0.25, 0.3) is 11.0 Å². The Morgan fingerprint density at radius 3 is 3.00 bits per heavy atom. The fraction of sp³-hybridized carbons (Fsp3) is 0.385. The van der Waals surface area contributed by atoms with E-state index in [-0.39, 0.29) is 5.56 Å². The Hall–Kier alpha value is -1.88. The number of rotatable bonds is 5. The van der Waals surface area contributed by atoms with Crippen molar-refractivity contribution in [3.8, 4) is 0 Å². The zero-order valence-electron chi connectivity index (χ0n) is 10.5. The number of carboxylic acid groups (broad SMARTS) is 1. The molecule has 18 heavy (non-hydrogen) atoms. The predicted molar refractivity (Wildman–Crippen MR) is 67.7 cm³/mol. The van der Waals surface area contributed by atoms with E-state index in [9.17, 15) is 4.79 Å². The molecule has 1 heterocycles. The molecule has 0 amide bonds. The number of hydrogen-bond acceptors (Lipinski definition) is 3. The summed E-state index contributed by atoms with van der Waals surface area (Å²) < 4.78 is 7.12. The molecule has 5 nitrogen and oxygen atoms in total. The van der Waals surface area contributed by atoms with E-state index < -0.39 is 5.97 Å². The minimum absolute atomic E-state index is 0.262. The lowest BCUT2D eigenvalue weighted by molar-refractivity contribution is 0.0697. The first kappa shape index (κ1) is 12.6. The molecule has 0 saturated heterocycles. The van der Waals surface area contributed by atoms with Gasteiger partial charge in [0.2, 0.25) is 0 Å². The number of aromatic nitrogens is 2. The standard InChI is InChI=1S/C13H16N2O3/c1-9(7-18-2)6-15-8-14-11-5-10(13(16)17)3-4-12(11)15/h3-5,8-9H,6-7H2,1-2H3,(H,16,17). The quantitative estimate of drug-likeness (QED) is 0.879. The van der Waals surface area contributed by atoms with Crippen molar-refractivity contribution >= 4 is 17.0 Å². The van der Waals surface area contributed by atoms with Crippen LogP contribution in [0.5, 0.6) is 0 Å². The van der Waals surface area contributed by atoms with E-state index in [1.165, 1.54) is 0 Å². The molecule has 1 atom stereocenters. The van der Waals surface area contributed by atoms with Crippen LogP contribution in [0, 0.1) is 5.92 Å². The van der Waals surface area contributed by atoms with Crippen LogP contribution in [0.15, 0.2) is 24.5 Å². The second-order valence-corrected chi connectivity index (χ2v) is 4.47. The van der Waals surface area contributed by atoms with Gasteiger partial charge in [-0.3, -0.25) is 0 Å². The minimum Gasteiger partial charge on any atom is -0.478 e. The summed E-state index contributed by atoms with van der Waals surface area (Å²) in [4.78, 5) is 15.1. The van der Waals surface area contributed by atoms with Crippen molar-refractivity contribution in [2.75, 3.05) is 13.7 Å². The number of benzene rings is 1. The van der Waals surface area contributed by atoms with Gasteiger partial charge in [0, 0.05) is 13.7 Å². The summed E-state index contributed by atoms with van der Waals surface area (Å²) in [5.74, 6) is -0.550. The highest BCUT2D eigenvalue weighted by molar-refractivity contribution is 5.92. The van der Waals surface area contributed by atoms with Crippen LogP contribution in [0.2, 0.25) is 0 Å². The molecule has 0 bridgehead atoms. The molecule has 0 fully saturated rings. The third kappa shape index (κ3) is 2.51. The zero-order chi connectivity index (χ0) is 13.1. The summed E-state index contributed by atoms with van der Waals surface area (Å²) in [7, 11) is 1.68. The van der Waals surface area contributed by atoms with Crippen molar-refractivity contribution in [2.45, 2.75) is 13.5 Å². The van der Waals surface area contributed by atoms with Gasteiger partial charge in [0.15, 0.2) is 0 Å². The maximum atomic E-state index is 10.9. The van der Waals surface area contributed by atoms with Crippen LogP contribution in [0.1, 0.15) is 17.3 Å². The van der Waals surface area contributed by atoms with Gasteiger partial charge in [-0.05, 0) is 24.1 Å². The summed E-state index contributed by atoms with van der Waals surface area (Å²) in [5, 5.41) is 8.92. The largest absolute Gasteiger partial charge is 0.478 e. The Labute approximate surface area is 105 Å². The van der Waals surface area contributed by atoms with Crippen LogP contribution in [0.3, 0.4) is 0 Å². The fourth-order valence-electron chi connectivity index (χ4n) is 2.02. The topological polar surface area (TPSA) is 64.4 Å². The van der Waals surface area contributed by atoms with E-state index in [1.54, 1.807) is 31.6 Å². The van der Waals surface area contributed by atoms with E-state index >= 15 is 0 Å². The van der Waals surface area contributed by atoms with Crippen LogP contribution in [-0.2, 0) is 11.3 Å². The Kier molecular flexibility index (Phi) is 3.62. The summed E-state index contributed by atoms with van der Waals surface area (Å²) in [6.07, 6.45) is 1.74. The lowest BCUT2D eigenvalue weighted by atomic mass is 10.2. The smallest absolute Gasteiger partial charge is 0.335 e. The molecule has 0 aliphatic carbocycles. The molecular formula is C13H16N2O3. The average Bonchev–Trinajstić information content (AvgIpc) is 2.72. The molecule has 1 aromatic carbocycles. The van der Waals surface area contributed by atoms with E-state index in [2.05, 4.69) is 11.9 Å². The number of ether oxygens (including phenoxy) is 1. The van der Waals surface area contributed by atoms with Gasteiger partial charge in [0.05, 0.1) is 29.5 Å². The molecule has 2 aromatic rings. The van der Waals surface area contributed by atoms with Crippen molar-refractivity contribution in [3.63, 3.8) is 0 Å². The third-order valence-electron chi connectivity index (χ3n) is 2.83. The maximum absolute atomic E-state index is 10.9. The molecule has 1 N–H and O–H groups in total. The molecule has 1 unspecified atom stereocenters. The van der Waals surface area contributed by atoms with E-state index in [1.807, 2.05) is 4.57 Å². The molecular weight excluding hydrogens is 232 g/mol. The fourth-order valence-corrected chi connectivity index (χ4v) is 2.02. The van der Waals surface area contributed by atoms with Crippen molar-refractivity contribution in [1.29, 1.82) is 0 Å². The Morgan fingerprint density at radius 2 is 2.33 bits per heavy atom. The highest BCUT2D eigenvalue weighted by Gasteiger charge is 2.09. The van der Waals surface area contributed by atoms with Crippen LogP contribution in [-0.4, -0.2) is 34.3 Å². The molecule has 0 radical (unpaired) electrons. The summed E-state index contributed by atoms with van der Waals surface area (Å²) in [6.45, 7) is 3.59. The number of nitrogens with zero attached hydrogens (tertiary/aromatic N) is 2. The first-order valence-corrected chi connectivity index (χ1v) is 5.79. The highest BCUT2D eigenvalue weighted by Crippen LogP contribution is 2.16. The van der Waals surface area contributed by atoms with Crippen LogP contribution in [0.4, 0.5) is 0 Å². The Bertz CT molecular complexity index is 562. The average molecular weight is 248 g/mol. The molecule has 1 aromatic heterocycles. The third-order valence-corrected chi connectivity index (χ3v) is 2.83. The predicted octanol–water partition coefficient (Wildman–Crippen LogP) is 2.02. The number of methoxy groups -OCH3 is 1. The van der Waals surface area contributed by atoms with Crippen molar-refractivity contribution in [1.82, 2.24) is 9.55 Å². The van der Waals surface area contributed by atoms with E-state index in [4.69, 9.17) is 9.84 Å². The lowest BCUT2D eigenvalue weighted by Gasteiger charge is -2.11. The maximum Gasteiger partial charge on any atom is 0.335 e. The first-order valence-electron chi connectivity index (χ1n) is 5.79. The monoisotopic (exact) mass is 248 g/mol. The molecule has 2 rings (SSSR count). The second kappa shape index (κ2) is 5.18. The highest BCUT2D eigenvalue weighted by atomic mass is 16.5.